The van der Waals surface area contributed by atoms with E-state index in [1.165, 1.54) is 0 Å². The Morgan fingerprint density at radius 3 is 1.33 bits per heavy atom. The van der Waals surface area contributed by atoms with E-state index in [0.717, 1.165) is 51.9 Å². The quantitative estimate of drug-likeness (QED) is 0.447. The van der Waals surface area contributed by atoms with Gasteiger partial charge < -0.3 is 19.3 Å². The molecule has 2 saturated heterocycles. The zero-order valence-electron chi connectivity index (χ0n) is 23.1. The van der Waals surface area contributed by atoms with Crippen molar-refractivity contribution in [3.05, 3.63) is 0 Å². The van der Waals surface area contributed by atoms with Crippen LogP contribution in [-0.2, 0) is 19.1 Å². The first-order valence-electron chi connectivity index (χ1n) is 13.7. The Bertz CT molecular complexity index is 759. The van der Waals surface area contributed by atoms with Crippen molar-refractivity contribution in [2.24, 2.45) is 23.7 Å². The number of likely N-dealkylation sites (tertiary alicyclic amines) is 2. The summed E-state index contributed by atoms with van der Waals surface area (Å²) in [5.41, 5.74) is -0.868. The average Bonchev–Trinajstić information content (AvgIpc) is 2.76. The number of ketones is 2. The first-order valence-corrected chi connectivity index (χ1v) is 13.7. The summed E-state index contributed by atoms with van der Waals surface area (Å²) in [5.74, 6) is 2.74. The minimum Gasteiger partial charge on any atom is -0.444 e. The monoisotopic (exact) mass is 506 g/mol. The molecule has 0 aromatic heterocycles. The van der Waals surface area contributed by atoms with Crippen LogP contribution in [0.15, 0.2) is 0 Å². The molecule has 2 aliphatic carbocycles. The molecule has 204 valence electrons. The summed E-state index contributed by atoms with van der Waals surface area (Å²) in [4.78, 5) is 50.4. The van der Waals surface area contributed by atoms with Crippen molar-refractivity contribution in [2.75, 3.05) is 26.2 Å². The van der Waals surface area contributed by atoms with Crippen molar-refractivity contribution in [1.82, 2.24) is 9.80 Å². The van der Waals surface area contributed by atoms with Crippen LogP contribution in [0.2, 0.25) is 0 Å². The average molecular weight is 507 g/mol. The van der Waals surface area contributed by atoms with E-state index in [1.54, 1.807) is 0 Å². The predicted octanol–water partition coefficient (Wildman–Crippen LogP) is 5.23. The number of carbonyl (C=O) groups excluding carboxylic acids is 4. The molecular weight excluding hydrogens is 460 g/mol. The fourth-order valence-electron chi connectivity index (χ4n) is 5.82. The number of Topliss-reactive ketones (excluding diaryl/α,β-unsaturated/α-hetero) is 2. The van der Waals surface area contributed by atoms with E-state index < -0.39 is 11.2 Å². The molecule has 0 aromatic carbocycles. The highest BCUT2D eigenvalue weighted by atomic mass is 16.6. The van der Waals surface area contributed by atoms with Gasteiger partial charge in [-0.2, -0.15) is 0 Å². The molecule has 2 heterocycles. The maximum Gasteiger partial charge on any atom is 0.410 e. The van der Waals surface area contributed by atoms with Crippen molar-refractivity contribution in [2.45, 2.75) is 104 Å². The Morgan fingerprint density at radius 2 is 1.00 bits per heavy atom. The molecule has 8 heteroatoms. The minimum absolute atomic E-state index is 0.210. The Labute approximate surface area is 216 Å². The lowest BCUT2D eigenvalue weighted by Crippen LogP contribution is -2.47. The molecule has 0 N–H and O–H groups in total. The van der Waals surface area contributed by atoms with Crippen LogP contribution in [0.3, 0.4) is 0 Å². The molecule has 0 bridgehead atoms. The molecule has 2 aliphatic heterocycles. The number of carbonyl (C=O) groups is 4. The van der Waals surface area contributed by atoms with Crippen LogP contribution in [0.25, 0.3) is 0 Å². The summed E-state index contributed by atoms with van der Waals surface area (Å²) in [7, 11) is 0. The highest BCUT2D eigenvalue weighted by Gasteiger charge is 2.38. The summed E-state index contributed by atoms with van der Waals surface area (Å²) in [5, 5.41) is 0. The lowest BCUT2D eigenvalue weighted by atomic mass is 9.74. The van der Waals surface area contributed by atoms with Crippen molar-refractivity contribution in [3.63, 3.8) is 0 Å². The molecule has 0 spiro atoms. The van der Waals surface area contributed by atoms with Gasteiger partial charge in [-0.3, -0.25) is 9.59 Å². The summed E-state index contributed by atoms with van der Waals surface area (Å²) in [6, 6.07) is 0. The zero-order valence-corrected chi connectivity index (χ0v) is 23.1. The Hall–Kier alpha value is -2.12. The number of piperidine rings is 2. The van der Waals surface area contributed by atoms with Gasteiger partial charge in [0.15, 0.2) is 0 Å². The molecule has 4 fully saturated rings. The summed E-state index contributed by atoms with van der Waals surface area (Å²) < 4.78 is 10.8. The summed E-state index contributed by atoms with van der Waals surface area (Å²) in [6.45, 7) is 14.3. The number of hydrogen-bond donors (Lipinski definition) is 0. The molecule has 0 unspecified atom stereocenters. The number of rotatable bonds is 0. The van der Waals surface area contributed by atoms with Gasteiger partial charge in [-0.15, -0.1) is 0 Å². The molecule has 8 nitrogen and oxygen atoms in total. The molecule has 2 amide bonds. The molecule has 2 saturated carbocycles. The maximum absolute atomic E-state index is 12.0. The SMILES string of the molecule is CC(C)(C)OC(=O)N1CC[C@@H]2CC(=O)CC[C@H]2C1.CC(C)(C)OC(=O)N1CC[C@H]2CC(=O)CC[C@@H]2C1. The topological polar surface area (TPSA) is 93.2 Å². The summed E-state index contributed by atoms with van der Waals surface area (Å²) in [6.07, 6.45) is 6.12. The molecule has 4 aliphatic rings. The van der Waals surface area contributed by atoms with Gasteiger partial charge in [0, 0.05) is 51.9 Å². The number of fused-ring (bicyclic) bond motifs is 2. The molecule has 4 atom stereocenters. The third-order valence-electron chi connectivity index (χ3n) is 7.65. The second-order valence-electron chi connectivity index (χ2n) is 13.0. The lowest BCUT2D eigenvalue weighted by molar-refractivity contribution is -0.124. The van der Waals surface area contributed by atoms with Gasteiger partial charge in [0.1, 0.15) is 22.8 Å². The first kappa shape index (κ1) is 28.5. The van der Waals surface area contributed by atoms with Gasteiger partial charge in [0.05, 0.1) is 0 Å². The number of ether oxygens (including phenoxy) is 2. The van der Waals surface area contributed by atoms with Gasteiger partial charge in [0.25, 0.3) is 0 Å². The van der Waals surface area contributed by atoms with Crippen molar-refractivity contribution < 1.29 is 28.7 Å². The van der Waals surface area contributed by atoms with E-state index in [1.807, 2.05) is 51.3 Å². The number of nitrogens with zero attached hydrogens (tertiary/aromatic N) is 2. The molecule has 36 heavy (non-hydrogen) atoms. The van der Waals surface area contributed by atoms with Crippen LogP contribution in [0, 0.1) is 23.7 Å². The maximum atomic E-state index is 12.0. The van der Waals surface area contributed by atoms with E-state index in [2.05, 4.69) is 0 Å². The summed E-state index contributed by atoms with van der Waals surface area (Å²) >= 11 is 0. The number of hydrogen-bond acceptors (Lipinski definition) is 6. The van der Waals surface area contributed by atoms with Gasteiger partial charge in [-0.05, 0) is 90.9 Å². The van der Waals surface area contributed by atoms with E-state index in [9.17, 15) is 19.2 Å². The first-order chi connectivity index (χ1) is 16.7. The van der Waals surface area contributed by atoms with Crippen LogP contribution in [0.1, 0.15) is 92.9 Å². The third-order valence-corrected chi connectivity index (χ3v) is 7.65. The van der Waals surface area contributed by atoms with E-state index in [4.69, 9.17) is 9.47 Å². The van der Waals surface area contributed by atoms with Crippen LogP contribution in [-0.4, -0.2) is 70.9 Å². The van der Waals surface area contributed by atoms with Crippen molar-refractivity contribution >= 4 is 23.8 Å². The lowest BCUT2D eigenvalue weighted by Gasteiger charge is -2.40. The van der Waals surface area contributed by atoms with Gasteiger partial charge in [0.2, 0.25) is 0 Å². The van der Waals surface area contributed by atoms with Crippen molar-refractivity contribution in [3.8, 4) is 0 Å². The largest absolute Gasteiger partial charge is 0.444 e. The van der Waals surface area contributed by atoms with Crippen LogP contribution < -0.4 is 0 Å². The number of amides is 2. The molecule has 0 aromatic rings. The fraction of sp³-hybridized carbons (Fsp3) is 0.857. The highest BCUT2D eigenvalue weighted by Crippen LogP contribution is 2.36. The smallest absolute Gasteiger partial charge is 0.410 e. The Morgan fingerprint density at radius 1 is 0.639 bits per heavy atom. The molecular formula is C28H46N2O6. The highest BCUT2D eigenvalue weighted by molar-refractivity contribution is 5.80. The van der Waals surface area contributed by atoms with E-state index in [0.29, 0.717) is 60.9 Å². The van der Waals surface area contributed by atoms with Gasteiger partial charge in [-0.1, -0.05) is 0 Å². The Balaban J connectivity index is 0.000000201. The second kappa shape index (κ2) is 11.5. The second-order valence-corrected chi connectivity index (χ2v) is 13.0. The normalized spacial score (nSPS) is 28.8. The van der Waals surface area contributed by atoms with Crippen LogP contribution in [0.5, 0.6) is 0 Å². The van der Waals surface area contributed by atoms with Crippen molar-refractivity contribution in [1.29, 1.82) is 0 Å². The van der Waals surface area contributed by atoms with Gasteiger partial charge in [-0.25, -0.2) is 9.59 Å². The fourth-order valence-corrected chi connectivity index (χ4v) is 5.82. The Kier molecular flexibility index (Phi) is 9.10. The third kappa shape index (κ3) is 8.48. The van der Waals surface area contributed by atoms with Crippen LogP contribution in [0.4, 0.5) is 9.59 Å². The standard InChI is InChI=1S/2C14H23NO3/c2*1-14(2,3)18-13(17)15-7-6-10-8-12(16)5-4-11(10)9-15/h2*10-11H,4-9H2,1-3H3/t2*10-,11+/m10/s1. The minimum atomic E-state index is -0.434. The molecule has 4 rings (SSSR count). The van der Waals surface area contributed by atoms with E-state index >= 15 is 0 Å². The van der Waals surface area contributed by atoms with Gasteiger partial charge >= 0.3 is 12.2 Å². The van der Waals surface area contributed by atoms with E-state index in [-0.39, 0.29) is 12.2 Å². The molecule has 0 radical (unpaired) electrons. The van der Waals surface area contributed by atoms with Crippen LogP contribution >= 0.6 is 0 Å². The zero-order chi connectivity index (χ0) is 26.7. The predicted molar refractivity (Wildman–Crippen MR) is 137 cm³/mol.